The summed E-state index contributed by atoms with van der Waals surface area (Å²) in [6.45, 7) is 10.0. The van der Waals surface area contributed by atoms with Crippen LogP contribution in [0.25, 0.3) is 10.2 Å². The van der Waals surface area contributed by atoms with Gasteiger partial charge >= 0.3 is 0 Å². The van der Waals surface area contributed by atoms with E-state index in [4.69, 9.17) is 0 Å². The zero-order valence-electron chi connectivity index (χ0n) is 17.7. The maximum Gasteiger partial charge on any atom is 0.259 e. The SMILES string of the molecule is Cc1sc2nc(CSC(C)C(=O)NCCCN3CCCCCC3)[nH]c(=O)c2c1C. The lowest BCUT2D eigenvalue weighted by molar-refractivity contribution is -0.120. The van der Waals surface area contributed by atoms with Gasteiger partial charge in [0.25, 0.3) is 5.56 Å². The molecule has 1 atom stereocenters. The molecule has 3 heterocycles. The Morgan fingerprint density at radius 1 is 1.28 bits per heavy atom. The first-order chi connectivity index (χ1) is 14.0. The lowest BCUT2D eigenvalue weighted by Crippen LogP contribution is -2.34. The fourth-order valence-corrected chi connectivity index (χ4v) is 5.49. The number of thiophene rings is 1. The van der Waals surface area contributed by atoms with Crippen LogP contribution >= 0.6 is 23.1 Å². The summed E-state index contributed by atoms with van der Waals surface area (Å²) in [6, 6.07) is 0. The number of aromatic nitrogens is 2. The number of nitrogens with one attached hydrogen (secondary N) is 2. The number of aromatic amines is 1. The Morgan fingerprint density at radius 3 is 2.72 bits per heavy atom. The van der Waals surface area contributed by atoms with E-state index in [9.17, 15) is 9.59 Å². The highest BCUT2D eigenvalue weighted by Gasteiger charge is 2.16. The number of amides is 1. The number of nitrogens with zero attached hydrogens (tertiary/aromatic N) is 2. The van der Waals surface area contributed by atoms with Gasteiger partial charge in [0.15, 0.2) is 0 Å². The van der Waals surface area contributed by atoms with Gasteiger partial charge < -0.3 is 15.2 Å². The van der Waals surface area contributed by atoms with Crippen LogP contribution < -0.4 is 10.9 Å². The third kappa shape index (κ3) is 6.06. The number of fused-ring (bicyclic) bond motifs is 1. The van der Waals surface area contributed by atoms with Gasteiger partial charge in [-0.05, 0) is 65.2 Å². The quantitative estimate of drug-likeness (QED) is 0.618. The number of likely N-dealkylation sites (tertiary alicyclic amines) is 1. The number of rotatable bonds is 8. The van der Waals surface area contributed by atoms with Gasteiger partial charge in [0.05, 0.1) is 16.4 Å². The normalized spacial score (nSPS) is 16.7. The monoisotopic (exact) mass is 436 g/mol. The van der Waals surface area contributed by atoms with Crippen molar-refractivity contribution in [3.63, 3.8) is 0 Å². The summed E-state index contributed by atoms with van der Waals surface area (Å²) in [7, 11) is 0. The van der Waals surface area contributed by atoms with Gasteiger partial charge in [-0.25, -0.2) is 4.98 Å². The first kappa shape index (κ1) is 22.3. The molecule has 2 aromatic rings. The number of thioether (sulfide) groups is 1. The molecule has 1 amide bonds. The number of carbonyl (C=O) groups excluding carboxylic acids is 1. The predicted molar refractivity (Wildman–Crippen MR) is 123 cm³/mol. The average Bonchev–Trinajstić information content (AvgIpc) is 2.87. The minimum Gasteiger partial charge on any atom is -0.355 e. The molecule has 0 spiro atoms. The van der Waals surface area contributed by atoms with E-state index in [1.54, 1.807) is 11.3 Å². The summed E-state index contributed by atoms with van der Waals surface area (Å²) in [5, 5.41) is 3.56. The molecule has 1 aliphatic heterocycles. The number of H-pyrrole nitrogens is 1. The molecule has 3 rings (SSSR count). The van der Waals surface area contributed by atoms with E-state index in [1.807, 2.05) is 20.8 Å². The van der Waals surface area contributed by atoms with E-state index in [1.165, 1.54) is 50.5 Å². The minimum atomic E-state index is -0.180. The summed E-state index contributed by atoms with van der Waals surface area (Å²) in [5.41, 5.74) is 0.920. The second kappa shape index (κ2) is 10.6. The highest BCUT2D eigenvalue weighted by Crippen LogP contribution is 2.26. The zero-order valence-corrected chi connectivity index (χ0v) is 19.3. The molecule has 1 fully saturated rings. The van der Waals surface area contributed by atoms with E-state index in [0.717, 1.165) is 34.8 Å². The van der Waals surface area contributed by atoms with Crippen LogP contribution in [0.4, 0.5) is 0 Å². The second-order valence-electron chi connectivity index (χ2n) is 7.83. The molecule has 1 unspecified atom stereocenters. The Hall–Kier alpha value is -1.38. The number of hydrogen-bond acceptors (Lipinski definition) is 6. The van der Waals surface area contributed by atoms with Crippen LogP contribution in [0, 0.1) is 13.8 Å². The second-order valence-corrected chi connectivity index (χ2v) is 10.4. The number of carbonyl (C=O) groups is 1. The topological polar surface area (TPSA) is 78.1 Å². The zero-order chi connectivity index (χ0) is 20.8. The van der Waals surface area contributed by atoms with E-state index >= 15 is 0 Å². The molecular weight excluding hydrogens is 404 g/mol. The maximum absolute atomic E-state index is 12.4. The molecule has 8 heteroatoms. The molecule has 160 valence electrons. The van der Waals surface area contributed by atoms with Crippen molar-refractivity contribution in [2.75, 3.05) is 26.2 Å². The molecular formula is C21H32N4O2S2. The van der Waals surface area contributed by atoms with Crippen molar-refractivity contribution in [1.29, 1.82) is 0 Å². The lowest BCUT2D eigenvalue weighted by Gasteiger charge is -2.19. The van der Waals surface area contributed by atoms with E-state index in [0.29, 0.717) is 17.0 Å². The summed E-state index contributed by atoms with van der Waals surface area (Å²) in [5.74, 6) is 1.20. The van der Waals surface area contributed by atoms with E-state index in [2.05, 4.69) is 20.2 Å². The third-order valence-electron chi connectivity index (χ3n) is 5.58. The van der Waals surface area contributed by atoms with Crippen LogP contribution in [-0.4, -0.2) is 52.2 Å². The van der Waals surface area contributed by atoms with Gasteiger partial charge in [0, 0.05) is 11.4 Å². The molecule has 0 aromatic carbocycles. The summed E-state index contributed by atoms with van der Waals surface area (Å²) >= 11 is 3.05. The van der Waals surface area contributed by atoms with E-state index in [-0.39, 0.29) is 16.7 Å². The lowest BCUT2D eigenvalue weighted by atomic mass is 10.2. The van der Waals surface area contributed by atoms with Crippen LogP contribution in [0.5, 0.6) is 0 Å². The summed E-state index contributed by atoms with van der Waals surface area (Å²) in [6.07, 6.45) is 6.28. The van der Waals surface area contributed by atoms with Crippen LogP contribution in [0.1, 0.15) is 55.3 Å². The minimum absolute atomic E-state index is 0.0529. The van der Waals surface area contributed by atoms with Crippen LogP contribution in [0.15, 0.2) is 4.79 Å². The number of hydrogen-bond donors (Lipinski definition) is 2. The molecule has 0 aliphatic carbocycles. The Morgan fingerprint density at radius 2 is 2.00 bits per heavy atom. The first-order valence-corrected chi connectivity index (χ1v) is 12.4. The third-order valence-corrected chi connectivity index (χ3v) is 7.83. The molecule has 2 aromatic heterocycles. The van der Waals surface area contributed by atoms with Crippen LogP contribution in [0.2, 0.25) is 0 Å². The Balaban J connectivity index is 1.42. The Kier molecular flexibility index (Phi) is 8.15. The van der Waals surface area contributed by atoms with Gasteiger partial charge in [-0.1, -0.05) is 12.8 Å². The van der Waals surface area contributed by atoms with Crippen molar-refractivity contribution < 1.29 is 4.79 Å². The molecule has 29 heavy (non-hydrogen) atoms. The Labute approximate surface area is 180 Å². The van der Waals surface area contributed by atoms with Gasteiger partial charge in [-0.3, -0.25) is 9.59 Å². The number of aryl methyl sites for hydroxylation is 2. The summed E-state index contributed by atoms with van der Waals surface area (Å²) < 4.78 is 0. The molecule has 0 radical (unpaired) electrons. The molecule has 6 nitrogen and oxygen atoms in total. The highest BCUT2D eigenvalue weighted by atomic mass is 32.2. The van der Waals surface area contributed by atoms with Crippen LogP contribution in [0.3, 0.4) is 0 Å². The van der Waals surface area contributed by atoms with Crippen molar-refractivity contribution in [2.24, 2.45) is 0 Å². The van der Waals surface area contributed by atoms with Gasteiger partial charge in [0.2, 0.25) is 5.91 Å². The van der Waals surface area contributed by atoms with E-state index < -0.39 is 0 Å². The van der Waals surface area contributed by atoms with Crippen LogP contribution in [-0.2, 0) is 10.5 Å². The summed E-state index contributed by atoms with van der Waals surface area (Å²) in [4.78, 5) is 36.6. The van der Waals surface area contributed by atoms with Crippen molar-refractivity contribution in [3.8, 4) is 0 Å². The fourth-order valence-electron chi connectivity index (χ4n) is 3.66. The highest BCUT2D eigenvalue weighted by molar-refractivity contribution is 7.99. The predicted octanol–water partition coefficient (Wildman–Crippen LogP) is 3.61. The van der Waals surface area contributed by atoms with Gasteiger partial charge in [-0.15, -0.1) is 23.1 Å². The Bertz CT molecular complexity index is 885. The molecule has 0 bridgehead atoms. The van der Waals surface area contributed by atoms with Crippen molar-refractivity contribution in [1.82, 2.24) is 20.2 Å². The smallest absolute Gasteiger partial charge is 0.259 e. The molecule has 1 aliphatic rings. The standard InChI is InChI=1S/C21H32N4O2S2/c1-14-15(2)29-21-18(14)20(27)23-17(24-21)13-28-16(3)19(26)22-9-8-12-25-10-6-4-5-7-11-25/h16H,4-13H2,1-3H3,(H,22,26)(H,23,24,27). The van der Waals surface area contributed by atoms with Crippen molar-refractivity contribution in [2.45, 2.75) is 63.9 Å². The average molecular weight is 437 g/mol. The molecule has 0 saturated carbocycles. The largest absolute Gasteiger partial charge is 0.355 e. The first-order valence-electron chi connectivity index (χ1n) is 10.6. The maximum atomic E-state index is 12.4. The van der Waals surface area contributed by atoms with Gasteiger partial charge in [-0.2, -0.15) is 0 Å². The molecule has 2 N–H and O–H groups in total. The van der Waals surface area contributed by atoms with Gasteiger partial charge in [0.1, 0.15) is 10.7 Å². The van der Waals surface area contributed by atoms with Crippen molar-refractivity contribution >= 4 is 39.2 Å². The van der Waals surface area contributed by atoms with Crippen molar-refractivity contribution in [3.05, 3.63) is 26.6 Å². The fraction of sp³-hybridized carbons (Fsp3) is 0.667. The molecule has 1 saturated heterocycles.